The van der Waals surface area contributed by atoms with Gasteiger partial charge in [0, 0.05) is 4.88 Å². The van der Waals surface area contributed by atoms with E-state index in [1.165, 1.54) is 17.5 Å². The molecule has 0 aliphatic carbocycles. The molecule has 4 N–H and O–H groups in total. The number of aromatic nitrogens is 1. The molecule has 0 saturated carbocycles. The molecule has 2 aromatic heterocycles. The zero-order chi connectivity index (χ0) is 13.8. The molecule has 0 bridgehead atoms. The molecule has 2 heterocycles. The number of hydrogen-bond donors (Lipinski definition) is 3. The van der Waals surface area contributed by atoms with Gasteiger partial charge < -0.3 is 10.7 Å². The number of nitrogen functional groups attached to an aromatic ring is 1. The molecule has 0 spiro atoms. The van der Waals surface area contributed by atoms with E-state index < -0.39 is 0 Å². The van der Waals surface area contributed by atoms with Crippen LogP contribution in [0.1, 0.15) is 28.3 Å². The molecule has 100 valence electrons. The van der Waals surface area contributed by atoms with E-state index in [1.54, 1.807) is 12.1 Å². The largest absolute Gasteiger partial charge is 0.343 e. The van der Waals surface area contributed by atoms with Gasteiger partial charge in [-0.25, -0.2) is 4.98 Å². The summed E-state index contributed by atoms with van der Waals surface area (Å²) in [7, 11) is 0. The highest BCUT2D eigenvalue weighted by Gasteiger charge is 2.13. The molecule has 19 heavy (non-hydrogen) atoms. The summed E-state index contributed by atoms with van der Waals surface area (Å²) in [6.45, 7) is 1.90. The van der Waals surface area contributed by atoms with Crippen molar-refractivity contribution >= 4 is 34.5 Å². The standard InChI is InChI=1S/C12H13ClN4OS/c1-7(10-4-5-11(13)19-10)16-12(18)9-3-2-8(17-14)6-15-9/h2-7,17H,14H2,1H3,(H,16,18). The van der Waals surface area contributed by atoms with Gasteiger partial charge >= 0.3 is 0 Å². The summed E-state index contributed by atoms with van der Waals surface area (Å²) in [4.78, 5) is 17.0. The molecule has 1 unspecified atom stereocenters. The van der Waals surface area contributed by atoms with E-state index in [-0.39, 0.29) is 11.9 Å². The molecule has 5 nitrogen and oxygen atoms in total. The normalized spacial score (nSPS) is 11.9. The molecular formula is C12H13ClN4OS. The Morgan fingerprint density at radius 2 is 2.21 bits per heavy atom. The van der Waals surface area contributed by atoms with Gasteiger partial charge in [-0.3, -0.25) is 10.6 Å². The molecule has 7 heteroatoms. The topological polar surface area (TPSA) is 80.0 Å². The maximum Gasteiger partial charge on any atom is 0.270 e. The van der Waals surface area contributed by atoms with E-state index in [1.807, 2.05) is 19.1 Å². The maximum atomic E-state index is 12.0. The molecule has 0 radical (unpaired) electrons. The van der Waals surface area contributed by atoms with Crippen molar-refractivity contribution in [3.8, 4) is 0 Å². The van der Waals surface area contributed by atoms with Gasteiger partial charge in [-0.2, -0.15) is 0 Å². The highest BCUT2D eigenvalue weighted by Crippen LogP contribution is 2.26. The van der Waals surface area contributed by atoms with Gasteiger partial charge in [0.15, 0.2) is 0 Å². The van der Waals surface area contributed by atoms with Gasteiger partial charge in [-0.05, 0) is 31.2 Å². The number of nitrogens with zero attached hydrogens (tertiary/aromatic N) is 1. The van der Waals surface area contributed by atoms with E-state index in [9.17, 15) is 4.79 Å². The number of carbonyl (C=O) groups is 1. The Kier molecular flexibility index (Phi) is 4.36. The summed E-state index contributed by atoms with van der Waals surface area (Å²) in [6, 6.07) is 6.89. The van der Waals surface area contributed by atoms with Crippen molar-refractivity contribution in [1.29, 1.82) is 0 Å². The predicted molar refractivity (Wildman–Crippen MR) is 77.3 cm³/mol. The van der Waals surface area contributed by atoms with Gasteiger partial charge in [0.05, 0.1) is 22.3 Å². The lowest BCUT2D eigenvalue weighted by atomic mass is 10.2. The van der Waals surface area contributed by atoms with E-state index in [2.05, 4.69) is 15.7 Å². The van der Waals surface area contributed by atoms with Crippen LogP contribution in [0.3, 0.4) is 0 Å². The van der Waals surface area contributed by atoms with Gasteiger partial charge in [0.2, 0.25) is 0 Å². The second-order valence-corrected chi connectivity index (χ2v) is 5.66. The Bertz CT molecular complexity index is 569. The lowest BCUT2D eigenvalue weighted by molar-refractivity contribution is 0.0935. The third-order valence-electron chi connectivity index (χ3n) is 2.53. The van der Waals surface area contributed by atoms with Crippen molar-refractivity contribution in [2.24, 2.45) is 5.84 Å². The molecule has 0 aliphatic heterocycles. The third kappa shape index (κ3) is 3.44. The number of carbonyl (C=O) groups excluding carboxylic acids is 1. The number of halogens is 1. The van der Waals surface area contributed by atoms with Crippen LogP contribution in [0.25, 0.3) is 0 Å². The number of nitrogens with one attached hydrogen (secondary N) is 2. The van der Waals surface area contributed by atoms with Crippen molar-refractivity contribution in [3.05, 3.63) is 45.4 Å². The molecule has 2 aromatic rings. The van der Waals surface area contributed by atoms with Crippen molar-refractivity contribution in [2.75, 3.05) is 5.43 Å². The zero-order valence-corrected chi connectivity index (χ0v) is 11.8. The predicted octanol–water partition coefficient (Wildman–Crippen LogP) is 2.57. The Hall–Kier alpha value is -1.63. The Morgan fingerprint density at radius 3 is 2.74 bits per heavy atom. The Balaban J connectivity index is 2.03. The molecule has 1 amide bonds. The zero-order valence-electron chi connectivity index (χ0n) is 10.2. The number of anilines is 1. The first-order valence-corrected chi connectivity index (χ1v) is 6.78. The lowest BCUT2D eigenvalue weighted by Crippen LogP contribution is -2.26. The molecule has 2 rings (SSSR count). The number of amides is 1. The lowest BCUT2D eigenvalue weighted by Gasteiger charge is -2.11. The number of pyridine rings is 1. The third-order valence-corrected chi connectivity index (χ3v) is 3.95. The van der Waals surface area contributed by atoms with Gasteiger partial charge in [0.1, 0.15) is 5.69 Å². The minimum atomic E-state index is -0.236. The van der Waals surface area contributed by atoms with Crippen LogP contribution in [0.2, 0.25) is 4.34 Å². The molecule has 0 aliphatic rings. The fraction of sp³-hybridized carbons (Fsp3) is 0.167. The van der Waals surface area contributed by atoms with Gasteiger partial charge in [-0.1, -0.05) is 11.6 Å². The first-order chi connectivity index (χ1) is 9.10. The average Bonchev–Trinajstić information content (AvgIpc) is 2.85. The van der Waals surface area contributed by atoms with Crippen LogP contribution in [0.15, 0.2) is 30.5 Å². The van der Waals surface area contributed by atoms with Crippen LogP contribution >= 0.6 is 22.9 Å². The van der Waals surface area contributed by atoms with Crippen LogP contribution in [-0.4, -0.2) is 10.9 Å². The summed E-state index contributed by atoms with van der Waals surface area (Å²) in [5, 5.41) is 2.86. The maximum absolute atomic E-state index is 12.0. The Labute approximate surface area is 119 Å². The summed E-state index contributed by atoms with van der Waals surface area (Å²) < 4.78 is 0.701. The molecule has 0 fully saturated rings. The highest BCUT2D eigenvalue weighted by molar-refractivity contribution is 7.16. The second-order valence-electron chi connectivity index (χ2n) is 3.91. The molecule has 0 aromatic carbocycles. The second kappa shape index (κ2) is 6.01. The summed E-state index contributed by atoms with van der Waals surface area (Å²) in [6.07, 6.45) is 1.50. The summed E-state index contributed by atoms with van der Waals surface area (Å²) >= 11 is 7.31. The number of thiophene rings is 1. The first-order valence-electron chi connectivity index (χ1n) is 5.59. The molecule has 1 atom stereocenters. The van der Waals surface area contributed by atoms with Crippen LogP contribution in [0.4, 0.5) is 5.69 Å². The molecular weight excluding hydrogens is 284 g/mol. The van der Waals surface area contributed by atoms with E-state index in [0.717, 1.165) is 4.88 Å². The Morgan fingerprint density at radius 1 is 1.42 bits per heavy atom. The van der Waals surface area contributed by atoms with E-state index >= 15 is 0 Å². The van der Waals surface area contributed by atoms with Crippen LogP contribution in [-0.2, 0) is 0 Å². The van der Waals surface area contributed by atoms with Crippen molar-refractivity contribution in [1.82, 2.24) is 10.3 Å². The summed E-state index contributed by atoms with van der Waals surface area (Å²) in [5.74, 6) is 5.00. The number of rotatable bonds is 4. The van der Waals surface area contributed by atoms with E-state index in [0.29, 0.717) is 15.7 Å². The van der Waals surface area contributed by atoms with E-state index in [4.69, 9.17) is 17.4 Å². The van der Waals surface area contributed by atoms with Crippen molar-refractivity contribution in [2.45, 2.75) is 13.0 Å². The highest BCUT2D eigenvalue weighted by atomic mass is 35.5. The van der Waals surface area contributed by atoms with Gasteiger partial charge in [-0.15, -0.1) is 11.3 Å². The number of hydrazine groups is 1. The molecule has 0 saturated heterocycles. The average molecular weight is 297 g/mol. The van der Waals surface area contributed by atoms with Crippen LogP contribution < -0.4 is 16.6 Å². The fourth-order valence-electron chi connectivity index (χ4n) is 1.52. The van der Waals surface area contributed by atoms with Crippen molar-refractivity contribution in [3.63, 3.8) is 0 Å². The first kappa shape index (κ1) is 13.8. The number of nitrogens with two attached hydrogens (primary N) is 1. The number of hydrogen-bond acceptors (Lipinski definition) is 5. The van der Waals surface area contributed by atoms with Gasteiger partial charge in [0.25, 0.3) is 5.91 Å². The monoisotopic (exact) mass is 296 g/mol. The van der Waals surface area contributed by atoms with Crippen molar-refractivity contribution < 1.29 is 4.79 Å². The summed E-state index contributed by atoms with van der Waals surface area (Å²) in [5.41, 5.74) is 3.44. The smallest absolute Gasteiger partial charge is 0.270 e. The quantitative estimate of drug-likeness (QED) is 0.598. The fourth-order valence-corrected chi connectivity index (χ4v) is 2.58. The SMILES string of the molecule is CC(NC(=O)c1ccc(NN)cn1)c1ccc(Cl)s1. The minimum absolute atomic E-state index is 0.112. The van der Waals surface area contributed by atoms with Crippen LogP contribution in [0.5, 0.6) is 0 Å². The van der Waals surface area contributed by atoms with Crippen LogP contribution in [0, 0.1) is 0 Å². The minimum Gasteiger partial charge on any atom is -0.343 e.